The number of carbonyl (C=O) groups excluding carboxylic acids is 1. The van der Waals surface area contributed by atoms with Crippen molar-refractivity contribution in [2.75, 3.05) is 25.9 Å². The first-order chi connectivity index (χ1) is 9.65. The van der Waals surface area contributed by atoms with Crippen molar-refractivity contribution in [3.63, 3.8) is 0 Å². The molecule has 1 saturated heterocycles. The Morgan fingerprint density at radius 1 is 1.40 bits per heavy atom. The van der Waals surface area contributed by atoms with Gasteiger partial charge < -0.3 is 10.2 Å². The summed E-state index contributed by atoms with van der Waals surface area (Å²) in [7, 11) is 2.13. The molecule has 3 nitrogen and oxygen atoms in total. The van der Waals surface area contributed by atoms with E-state index in [0.29, 0.717) is 12.5 Å². The van der Waals surface area contributed by atoms with Crippen LogP contribution in [0.2, 0.25) is 0 Å². The largest absolute Gasteiger partial charge is 0.353 e. The molecule has 1 aliphatic heterocycles. The average molecular weight is 357 g/mol. The maximum absolute atomic E-state index is 11.9. The van der Waals surface area contributed by atoms with Crippen molar-refractivity contribution < 1.29 is 4.79 Å². The zero-order valence-electron chi connectivity index (χ0n) is 11.8. The molecule has 0 radical (unpaired) electrons. The van der Waals surface area contributed by atoms with Crippen molar-refractivity contribution in [1.82, 2.24) is 10.2 Å². The Bertz CT molecular complexity index is 447. The number of likely N-dealkylation sites (tertiary alicyclic amines) is 1. The normalized spacial score (nSPS) is 17.1. The second-order valence-corrected chi connectivity index (χ2v) is 7.17. The highest BCUT2D eigenvalue weighted by Gasteiger charge is 2.18. The Labute approximate surface area is 133 Å². The minimum absolute atomic E-state index is 0.180. The van der Waals surface area contributed by atoms with Crippen molar-refractivity contribution in [1.29, 1.82) is 0 Å². The number of benzene rings is 1. The van der Waals surface area contributed by atoms with E-state index in [0.717, 1.165) is 36.2 Å². The molecule has 1 fully saturated rings. The summed E-state index contributed by atoms with van der Waals surface area (Å²) < 4.78 is 1.10. The number of carbonyl (C=O) groups is 1. The van der Waals surface area contributed by atoms with Crippen molar-refractivity contribution in [3.05, 3.63) is 28.7 Å². The van der Waals surface area contributed by atoms with E-state index in [9.17, 15) is 4.79 Å². The smallest absolute Gasteiger partial charge is 0.221 e. The Morgan fingerprint density at radius 2 is 2.10 bits per heavy atom. The Kier molecular flexibility index (Phi) is 6.39. The SMILES string of the molecule is CN1CCC(NC(=O)CCSc2ccccc2Br)CC1. The van der Waals surface area contributed by atoms with Crippen molar-refractivity contribution in [3.8, 4) is 0 Å². The summed E-state index contributed by atoms with van der Waals surface area (Å²) in [5.41, 5.74) is 0. The lowest BCUT2D eigenvalue weighted by atomic mass is 10.1. The van der Waals surface area contributed by atoms with Crippen LogP contribution in [0.4, 0.5) is 0 Å². The quantitative estimate of drug-likeness (QED) is 0.822. The fraction of sp³-hybridized carbons (Fsp3) is 0.533. The van der Waals surface area contributed by atoms with Crippen LogP contribution in [0.3, 0.4) is 0 Å². The van der Waals surface area contributed by atoms with Crippen LogP contribution in [0.5, 0.6) is 0 Å². The predicted molar refractivity (Wildman–Crippen MR) is 88.1 cm³/mol. The number of thioether (sulfide) groups is 1. The second kappa shape index (κ2) is 8.05. The molecule has 0 bridgehead atoms. The van der Waals surface area contributed by atoms with Crippen LogP contribution < -0.4 is 5.32 Å². The molecule has 1 aromatic carbocycles. The highest BCUT2D eigenvalue weighted by atomic mass is 79.9. The van der Waals surface area contributed by atoms with E-state index in [1.54, 1.807) is 11.8 Å². The Hall–Kier alpha value is -0.520. The van der Waals surface area contributed by atoms with Gasteiger partial charge in [0.1, 0.15) is 0 Å². The third-order valence-electron chi connectivity index (χ3n) is 3.51. The first kappa shape index (κ1) is 15.9. The summed E-state index contributed by atoms with van der Waals surface area (Å²) in [6, 6.07) is 8.49. The lowest BCUT2D eigenvalue weighted by Crippen LogP contribution is -2.43. The molecule has 0 spiro atoms. The molecule has 1 amide bonds. The van der Waals surface area contributed by atoms with Gasteiger partial charge in [0.2, 0.25) is 5.91 Å². The lowest BCUT2D eigenvalue weighted by molar-refractivity contribution is -0.121. The van der Waals surface area contributed by atoms with E-state index in [1.165, 1.54) is 4.90 Å². The molecule has 1 aliphatic rings. The summed E-state index contributed by atoms with van der Waals surface area (Å²) >= 11 is 5.24. The maximum atomic E-state index is 11.9. The number of nitrogens with one attached hydrogen (secondary N) is 1. The highest BCUT2D eigenvalue weighted by Crippen LogP contribution is 2.27. The van der Waals surface area contributed by atoms with Gasteiger partial charge >= 0.3 is 0 Å². The molecule has 1 aromatic rings. The molecule has 0 unspecified atom stereocenters. The molecule has 110 valence electrons. The van der Waals surface area contributed by atoms with Crippen LogP contribution in [-0.2, 0) is 4.79 Å². The van der Waals surface area contributed by atoms with E-state index in [-0.39, 0.29) is 5.91 Å². The summed E-state index contributed by atoms with van der Waals surface area (Å²) in [4.78, 5) is 15.4. The van der Waals surface area contributed by atoms with Crippen LogP contribution in [0, 0.1) is 0 Å². The third-order valence-corrected chi connectivity index (χ3v) is 5.54. The number of halogens is 1. The van der Waals surface area contributed by atoms with Gasteiger partial charge in [0.15, 0.2) is 0 Å². The highest BCUT2D eigenvalue weighted by molar-refractivity contribution is 9.10. The zero-order valence-corrected chi connectivity index (χ0v) is 14.2. The number of hydrogen-bond acceptors (Lipinski definition) is 3. The van der Waals surface area contributed by atoms with Gasteiger partial charge in [0.05, 0.1) is 0 Å². The zero-order chi connectivity index (χ0) is 14.4. The number of amides is 1. The summed E-state index contributed by atoms with van der Waals surface area (Å²) in [5.74, 6) is 1.00. The van der Waals surface area contributed by atoms with E-state index in [4.69, 9.17) is 0 Å². The van der Waals surface area contributed by atoms with Gasteiger partial charge in [0.25, 0.3) is 0 Å². The van der Waals surface area contributed by atoms with Gasteiger partial charge in [-0.05, 0) is 61.0 Å². The van der Waals surface area contributed by atoms with Gasteiger partial charge in [-0.1, -0.05) is 12.1 Å². The van der Waals surface area contributed by atoms with Crippen LogP contribution in [0.15, 0.2) is 33.6 Å². The van der Waals surface area contributed by atoms with Crippen molar-refractivity contribution in [2.24, 2.45) is 0 Å². The van der Waals surface area contributed by atoms with Gasteiger partial charge in [0, 0.05) is 27.6 Å². The molecule has 0 aliphatic carbocycles. The van der Waals surface area contributed by atoms with Crippen LogP contribution >= 0.6 is 27.7 Å². The van der Waals surface area contributed by atoms with Gasteiger partial charge in [-0.3, -0.25) is 4.79 Å². The molecule has 1 N–H and O–H groups in total. The average Bonchev–Trinajstić information content (AvgIpc) is 2.43. The maximum Gasteiger partial charge on any atom is 0.221 e. The van der Waals surface area contributed by atoms with Gasteiger partial charge in [-0.25, -0.2) is 0 Å². The molecular weight excluding hydrogens is 336 g/mol. The Morgan fingerprint density at radius 3 is 2.80 bits per heavy atom. The second-order valence-electron chi connectivity index (χ2n) is 5.17. The standard InChI is InChI=1S/C15H21BrN2OS/c1-18-9-6-12(7-10-18)17-15(19)8-11-20-14-5-3-2-4-13(14)16/h2-5,12H,6-11H2,1H3,(H,17,19). The van der Waals surface area contributed by atoms with Crippen LogP contribution in [0.1, 0.15) is 19.3 Å². The number of hydrogen-bond donors (Lipinski definition) is 1. The molecule has 1 heterocycles. The molecule has 0 atom stereocenters. The fourth-order valence-electron chi connectivity index (χ4n) is 2.27. The van der Waals surface area contributed by atoms with Crippen molar-refractivity contribution >= 4 is 33.6 Å². The van der Waals surface area contributed by atoms with Crippen LogP contribution in [-0.4, -0.2) is 42.7 Å². The van der Waals surface area contributed by atoms with E-state index in [2.05, 4.69) is 39.3 Å². The van der Waals surface area contributed by atoms with E-state index < -0.39 is 0 Å². The minimum atomic E-state index is 0.180. The van der Waals surface area contributed by atoms with E-state index >= 15 is 0 Å². The molecular formula is C15H21BrN2OS. The minimum Gasteiger partial charge on any atom is -0.353 e. The van der Waals surface area contributed by atoms with Gasteiger partial charge in [-0.15, -0.1) is 11.8 Å². The van der Waals surface area contributed by atoms with Crippen LogP contribution in [0.25, 0.3) is 0 Å². The topological polar surface area (TPSA) is 32.3 Å². The fourth-order valence-corrected chi connectivity index (χ4v) is 3.78. The third kappa shape index (κ3) is 5.11. The summed E-state index contributed by atoms with van der Waals surface area (Å²) in [6.07, 6.45) is 2.72. The summed E-state index contributed by atoms with van der Waals surface area (Å²) in [5, 5.41) is 3.15. The number of piperidine rings is 1. The first-order valence-electron chi connectivity index (χ1n) is 7.00. The lowest BCUT2D eigenvalue weighted by Gasteiger charge is -2.29. The summed E-state index contributed by atoms with van der Waals surface area (Å²) in [6.45, 7) is 2.16. The predicted octanol–water partition coefficient (Wildman–Crippen LogP) is 3.14. The Balaban J connectivity index is 1.67. The molecule has 5 heteroatoms. The number of nitrogens with zero attached hydrogens (tertiary/aromatic N) is 1. The van der Waals surface area contributed by atoms with Crippen molar-refractivity contribution in [2.45, 2.75) is 30.2 Å². The van der Waals surface area contributed by atoms with E-state index in [1.807, 2.05) is 18.2 Å². The van der Waals surface area contributed by atoms with Gasteiger partial charge in [-0.2, -0.15) is 0 Å². The molecule has 2 rings (SSSR count). The molecule has 0 saturated carbocycles. The molecule has 0 aromatic heterocycles. The number of rotatable bonds is 5. The first-order valence-corrected chi connectivity index (χ1v) is 8.78. The monoisotopic (exact) mass is 356 g/mol. The molecule has 20 heavy (non-hydrogen) atoms.